The van der Waals surface area contributed by atoms with E-state index >= 15 is 0 Å². The Labute approximate surface area is 196 Å². The summed E-state index contributed by atoms with van der Waals surface area (Å²) in [7, 11) is 0. The van der Waals surface area contributed by atoms with E-state index in [0.29, 0.717) is 17.8 Å². The number of hydrogen-bond acceptors (Lipinski definition) is 5. The van der Waals surface area contributed by atoms with Crippen LogP contribution in [0.3, 0.4) is 0 Å². The number of H-pyrrole nitrogens is 1. The molecule has 4 rings (SSSR count). The number of rotatable bonds is 7. The third kappa shape index (κ3) is 5.01. The van der Waals surface area contributed by atoms with Crippen LogP contribution >= 0.6 is 11.3 Å². The molecule has 8 heteroatoms. The molecule has 0 bridgehead atoms. The highest BCUT2D eigenvalue weighted by molar-refractivity contribution is 7.12. The molecule has 3 N–H and O–H groups in total. The Morgan fingerprint density at radius 3 is 2.64 bits per heavy atom. The number of aromatic amines is 1. The third-order valence-electron chi connectivity index (χ3n) is 6.01. The van der Waals surface area contributed by atoms with Crippen molar-refractivity contribution in [3.63, 3.8) is 0 Å². The Kier molecular flexibility index (Phi) is 6.93. The predicted molar refractivity (Wildman–Crippen MR) is 133 cm³/mol. The lowest BCUT2D eigenvalue weighted by atomic mass is 9.97. The van der Waals surface area contributed by atoms with Crippen molar-refractivity contribution in [2.45, 2.75) is 45.6 Å². The molecule has 33 heavy (non-hydrogen) atoms. The van der Waals surface area contributed by atoms with Crippen molar-refractivity contribution >= 4 is 28.7 Å². The molecule has 7 nitrogen and oxygen atoms in total. The molecule has 1 aromatic carbocycles. The number of nitrogens with one attached hydrogen (secondary N) is 1. The molecule has 0 atom stereocenters. The minimum Gasteiger partial charge on any atom is -0.383 e. The summed E-state index contributed by atoms with van der Waals surface area (Å²) in [5.41, 5.74) is 8.19. The first-order valence-electron chi connectivity index (χ1n) is 11.2. The molecule has 1 amide bonds. The van der Waals surface area contributed by atoms with Crippen LogP contribution in [0, 0.1) is 6.92 Å². The number of benzene rings is 1. The standard InChI is InChI=1S/C25H28N4O3S/c1-17-13-15-33-21(17)24(31)28(14-12-18-8-4-2-5-9-18)20-22(26)29(25(32)27-23(20)30)16-19-10-6-3-7-11-19/h3,6-8,10-11,13,15H,2,4-5,9,12,14,16,26H2,1H3,(H,27,30,32). The van der Waals surface area contributed by atoms with Crippen molar-refractivity contribution < 1.29 is 4.79 Å². The largest absolute Gasteiger partial charge is 0.383 e. The first-order valence-corrected chi connectivity index (χ1v) is 12.0. The van der Waals surface area contributed by atoms with Gasteiger partial charge < -0.3 is 5.73 Å². The number of nitrogens with two attached hydrogens (primary N) is 1. The van der Waals surface area contributed by atoms with Crippen molar-refractivity contribution in [1.29, 1.82) is 0 Å². The number of nitrogens with zero attached hydrogens (tertiary/aromatic N) is 2. The molecule has 3 aromatic rings. The second-order valence-electron chi connectivity index (χ2n) is 8.31. The highest BCUT2D eigenvalue weighted by atomic mass is 32.1. The van der Waals surface area contributed by atoms with Crippen LogP contribution in [0.4, 0.5) is 11.5 Å². The van der Waals surface area contributed by atoms with Crippen LogP contribution in [-0.2, 0) is 6.54 Å². The van der Waals surface area contributed by atoms with Gasteiger partial charge in [0.05, 0.1) is 11.4 Å². The minimum absolute atomic E-state index is 0.00668. The molecule has 1 aliphatic carbocycles. The van der Waals surface area contributed by atoms with Gasteiger partial charge in [-0.15, -0.1) is 11.3 Å². The van der Waals surface area contributed by atoms with Gasteiger partial charge in [-0.2, -0.15) is 0 Å². The van der Waals surface area contributed by atoms with Gasteiger partial charge in [0.2, 0.25) is 0 Å². The average molecular weight is 465 g/mol. The summed E-state index contributed by atoms with van der Waals surface area (Å²) in [6.45, 7) is 2.38. The lowest BCUT2D eigenvalue weighted by molar-refractivity contribution is 0.0990. The molecule has 2 aromatic heterocycles. The quantitative estimate of drug-likeness (QED) is 0.515. The summed E-state index contributed by atoms with van der Waals surface area (Å²) in [6.07, 6.45) is 7.24. The lowest BCUT2D eigenvalue weighted by Crippen LogP contribution is -2.41. The van der Waals surface area contributed by atoms with E-state index in [1.807, 2.05) is 48.7 Å². The maximum Gasteiger partial charge on any atom is 0.330 e. The molecular weight excluding hydrogens is 436 g/mol. The van der Waals surface area contributed by atoms with Gasteiger partial charge >= 0.3 is 5.69 Å². The molecule has 0 saturated heterocycles. The molecule has 0 fully saturated rings. The number of anilines is 2. The lowest BCUT2D eigenvalue weighted by Gasteiger charge is -2.25. The van der Waals surface area contributed by atoms with Crippen LogP contribution in [0.5, 0.6) is 0 Å². The molecule has 0 aliphatic heterocycles. The number of carbonyl (C=O) groups is 1. The van der Waals surface area contributed by atoms with Crippen molar-refractivity contribution in [1.82, 2.24) is 9.55 Å². The van der Waals surface area contributed by atoms with Crippen molar-refractivity contribution in [3.8, 4) is 0 Å². The van der Waals surface area contributed by atoms with Crippen LogP contribution in [0.15, 0.2) is 63.0 Å². The van der Waals surface area contributed by atoms with E-state index in [1.54, 1.807) is 0 Å². The van der Waals surface area contributed by atoms with Crippen LogP contribution in [-0.4, -0.2) is 22.0 Å². The summed E-state index contributed by atoms with van der Waals surface area (Å²) >= 11 is 1.34. The number of nitrogen functional groups attached to an aromatic ring is 1. The molecule has 0 radical (unpaired) electrons. The highest BCUT2D eigenvalue weighted by Gasteiger charge is 2.27. The number of aromatic nitrogens is 2. The molecule has 0 unspecified atom stereocenters. The van der Waals surface area contributed by atoms with Gasteiger partial charge in [0.1, 0.15) is 5.82 Å². The van der Waals surface area contributed by atoms with Crippen LogP contribution in [0.1, 0.15) is 52.9 Å². The molecule has 172 valence electrons. The first kappa shape index (κ1) is 22.8. The molecule has 0 saturated carbocycles. The first-order chi connectivity index (χ1) is 16.0. The van der Waals surface area contributed by atoms with E-state index in [0.717, 1.165) is 30.4 Å². The number of hydrogen-bond donors (Lipinski definition) is 2. The normalized spacial score (nSPS) is 13.5. The minimum atomic E-state index is -0.651. The Morgan fingerprint density at radius 2 is 1.97 bits per heavy atom. The number of thiophene rings is 1. The fourth-order valence-electron chi connectivity index (χ4n) is 4.18. The van der Waals surface area contributed by atoms with Gasteiger partial charge in [0.15, 0.2) is 5.69 Å². The van der Waals surface area contributed by atoms with E-state index in [4.69, 9.17) is 5.73 Å². The summed E-state index contributed by atoms with van der Waals surface area (Å²) in [6, 6.07) is 11.3. The third-order valence-corrected chi connectivity index (χ3v) is 7.02. The Balaban J connectivity index is 1.76. The van der Waals surface area contributed by atoms with Crippen LogP contribution in [0.25, 0.3) is 0 Å². The molecule has 2 heterocycles. The Hall–Kier alpha value is -3.39. The molecule has 1 aliphatic rings. The summed E-state index contributed by atoms with van der Waals surface area (Å²) < 4.78 is 1.31. The summed E-state index contributed by atoms with van der Waals surface area (Å²) in [5.74, 6) is -0.284. The Bertz CT molecular complexity index is 1290. The van der Waals surface area contributed by atoms with Gasteiger partial charge in [-0.25, -0.2) is 4.79 Å². The van der Waals surface area contributed by atoms with E-state index in [-0.39, 0.29) is 24.0 Å². The average Bonchev–Trinajstić information content (AvgIpc) is 3.25. The van der Waals surface area contributed by atoms with Gasteiger partial charge in [-0.3, -0.25) is 24.0 Å². The maximum atomic E-state index is 13.6. The predicted octanol–water partition coefficient (Wildman–Crippen LogP) is 4.07. The van der Waals surface area contributed by atoms with E-state index in [2.05, 4.69) is 11.1 Å². The zero-order valence-electron chi connectivity index (χ0n) is 18.7. The van der Waals surface area contributed by atoms with Crippen LogP contribution in [0.2, 0.25) is 0 Å². The molecular formula is C25H28N4O3S. The van der Waals surface area contributed by atoms with Gasteiger partial charge in [0.25, 0.3) is 11.5 Å². The molecule has 0 spiro atoms. The van der Waals surface area contributed by atoms with Gasteiger partial charge in [0, 0.05) is 6.54 Å². The second kappa shape index (κ2) is 10.0. The Morgan fingerprint density at radius 1 is 1.18 bits per heavy atom. The van der Waals surface area contributed by atoms with E-state index < -0.39 is 11.2 Å². The number of aryl methyl sites for hydroxylation is 1. The zero-order chi connectivity index (χ0) is 23.4. The second-order valence-corrected chi connectivity index (χ2v) is 9.23. The van der Waals surface area contributed by atoms with Crippen LogP contribution < -0.4 is 21.9 Å². The monoisotopic (exact) mass is 464 g/mol. The summed E-state index contributed by atoms with van der Waals surface area (Å²) in [4.78, 5) is 43.5. The number of allylic oxidation sites excluding steroid dienone is 1. The SMILES string of the molecule is Cc1ccsc1C(=O)N(CCC1=CCCCC1)c1c(N)n(Cc2ccccc2)c(=O)[nH]c1=O. The maximum absolute atomic E-state index is 13.6. The van der Waals surface area contributed by atoms with Gasteiger partial charge in [-0.1, -0.05) is 42.0 Å². The summed E-state index contributed by atoms with van der Waals surface area (Å²) in [5, 5.41) is 1.86. The van der Waals surface area contributed by atoms with Crippen molar-refractivity contribution in [2.75, 3.05) is 17.2 Å². The highest BCUT2D eigenvalue weighted by Crippen LogP contribution is 2.27. The fourth-order valence-corrected chi connectivity index (χ4v) is 5.05. The zero-order valence-corrected chi connectivity index (χ0v) is 19.5. The number of carbonyl (C=O) groups excluding carboxylic acids is 1. The van der Waals surface area contributed by atoms with Crippen molar-refractivity contribution in [2.24, 2.45) is 0 Å². The van der Waals surface area contributed by atoms with E-state index in [9.17, 15) is 14.4 Å². The fraction of sp³-hybridized carbons (Fsp3) is 0.320. The van der Waals surface area contributed by atoms with Gasteiger partial charge in [-0.05, 0) is 61.6 Å². The topological polar surface area (TPSA) is 101 Å². The van der Waals surface area contributed by atoms with Crippen molar-refractivity contribution in [3.05, 3.63) is 90.3 Å². The smallest absolute Gasteiger partial charge is 0.330 e. The van der Waals surface area contributed by atoms with E-state index in [1.165, 1.54) is 32.8 Å². The number of amides is 1.